The van der Waals surface area contributed by atoms with E-state index in [2.05, 4.69) is 15.0 Å². The second kappa shape index (κ2) is 4.36. The van der Waals surface area contributed by atoms with Gasteiger partial charge in [-0.15, -0.1) is 0 Å². The van der Waals surface area contributed by atoms with Gasteiger partial charge in [0.25, 0.3) is 0 Å². The van der Waals surface area contributed by atoms with E-state index in [1.807, 2.05) is 0 Å². The van der Waals surface area contributed by atoms with E-state index in [1.165, 1.54) is 4.57 Å². The van der Waals surface area contributed by atoms with Crippen molar-refractivity contribution in [1.29, 1.82) is 0 Å². The molecule has 96 valence electrons. The third-order valence-electron chi connectivity index (χ3n) is 2.70. The first-order chi connectivity index (χ1) is 9.08. The monoisotopic (exact) mass is 294 g/mol. The highest BCUT2D eigenvalue weighted by atomic mass is 35.5. The van der Waals surface area contributed by atoms with E-state index < -0.39 is 0 Å². The Kier molecular flexibility index (Phi) is 2.80. The van der Waals surface area contributed by atoms with Crippen LogP contribution in [0.15, 0.2) is 29.1 Å². The maximum absolute atomic E-state index is 12.1. The van der Waals surface area contributed by atoms with Crippen molar-refractivity contribution in [3.8, 4) is 5.69 Å². The summed E-state index contributed by atoms with van der Waals surface area (Å²) in [6.45, 7) is 1.70. The van der Waals surface area contributed by atoms with Crippen molar-refractivity contribution in [2.24, 2.45) is 0 Å². The molecule has 2 aromatic heterocycles. The summed E-state index contributed by atoms with van der Waals surface area (Å²) in [4.78, 5) is 22.9. The molecular formula is C12H8Cl2N4O. The molecule has 3 rings (SSSR count). The minimum Gasteiger partial charge on any atom is -0.290 e. The van der Waals surface area contributed by atoms with E-state index in [0.29, 0.717) is 27.7 Å². The standard InChI is InChI=1S/C12H8Cl2N4O/c1-6-15-10(14)9-11(16-6)17-12(19)18(9)8-5-3-2-4-7(8)13/h2-5H,1H3,(H,15,16,17,19). The molecule has 0 aliphatic heterocycles. The van der Waals surface area contributed by atoms with Gasteiger partial charge in [-0.25, -0.2) is 14.8 Å². The minimum absolute atomic E-state index is 0.209. The molecule has 5 nitrogen and oxygen atoms in total. The van der Waals surface area contributed by atoms with Crippen LogP contribution >= 0.6 is 23.2 Å². The number of hydrogen-bond acceptors (Lipinski definition) is 3. The molecule has 0 unspecified atom stereocenters. The number of aromatic amines is 1. The molecule has 2 heterocycles. The molecule has 1 aromatic carbocycles. The number of benzene rings is 1. The van der Waals surface area contributed by atoms with E-state index in [-0.39, 0.29) is 10.8 Å². The van der Waals surface area contributed by atoms with Crippen molar-refractivity contribution in [2.75, 3.05) is 0 Å². The number of para-hydroxylation sites is 1. The van der Waals surface area contributed by atoms with Gasteiger partial charge in [-0.05, 0) is 19.1 Å². The van der Waals surface area contributed by atoms with Crippen LogP contribution in [0.5, 0.6) is 0 Å². The van der Waals surface area contributed by atoms with Gasteiger partial charge in [-0.1, -0.05) is 35.3 Å². The van der Waals surface area contributed by atoms with Crippen LogP contribution in [0.25, 0.3) is 16.9 Å². The van der Waals surface area contributed by atoms with E-state index in [0.717, 1.165) is 0 Å². The lowest BCUT2D eigenvalue weighted by molar-refractivity contribution is 1.01. The van der Waals surface area contributed by atoms with Crippen LogP contribution in [0.2, 0.25) is 10.2 Å². The fourth-order valence-electron chi connectivity index (χ4n) is 1.94. The van der Waals surface area contributed by atoms with Gasteiger partial charge >= 0.3 is 5.69 Å². The number of halogens is 2. The zero-order valence-corrected chi connectivity index (χ0v) is 11.3. The molecule has 0 aliphatic carbocycles. The summed E-state index contributed by atoms with van der Waals surface area (Å²) in [6, 6.07) is 7.00. The molecule has 0 atom stereocenters. The zero-order chi connectivity index (χ0) is 13.6. The maximum atomic E-state index is 12.1. The summed E-state index contributed by atoms with van der Waals surface area (Å²) in [7, 11) is 0. The lowest BCUT2D eigenvalue weighted by Crippen LogP contribution is -2.15. The summed E-state index contributed by atoms with van der Waals surface area (Å²) in [5.74, 6) is 0.491. The Morgan fingerprint density at radius 3 is 2.68 bits per heavy atom. The molecule has 1 N–H and O–H groups in total. The first kappa shape index (κ1) is 12.2. The summed E-state index contributed by atoms with van der Waals surface area (Å²) in [5.41, 5.74) is 0.993. The number of imidazole rings is 1. The van der Waals surface area contributed by atoms with Gasteiger partial charge in [-0.3, -0.25) is 9.55 Å². The average molecular weight is 295 g/mol. The highest BCUT2D eigenvalue weighted by Crippen LogP contribution is 2.25. The molecule has 0 saturated heterocycles. The number of nitrogens with zero attached hydrogens (tertiary/aromatic N) is 3. The van der Waals surface area contributed by atoms with Crippen molar-refractivity contribution in [3.63, 3.8) is 0 Å². The van der Waals surface area contributed by atoms with Crippen LogP contribution in [0.4, 0.5) is 0 Å². The summed E-state index contributed by atoms with van der Waals surface area (Å²) in [5, 5.41) is 0.655. The van der Waals surface area contributed by atoms with Crippen LogP contribution < -0.4 is 5.69 Å². The topological polar surface area (TPSA) is 63.6 Å². The number of aromatic nitrogens is 4. The highest BCUT2D eigenvalue weighted by Gasteiger charge is 2.16. The van der Waals surface area contributed by atoms with Crippen LogP contribution in [0.1, 0.15) is 5.82 Å². The second-order valence-corrected chi connectivity index (χ2v) is 4.74. The summed E-state index contributed by atoms with van der Waals surface area (Å²) >= 11 is 12.2. The molecular weight excluding hydrogens is 287 g/mol. The van der Waals surface area contributed by atoms with E-state index >= 15 is 0 Å². The molecule has 3 aromatic rings. The van der Waals surface area contributed by atoms with Gasteiger partial charge in [0.1, 0.15) is 11.3 Å². The maximum Gasteiger partial charge on any atom is 0.332 e. The zero-order valence-electron chi connectivity index (χ0n) is 9.82. The lowest BCUT2D eigenvalue weighted by Gasteiger charge is -2.06. The van der Waals surface area contributed by atoms with Gasteiger partial charge in [0.2, 0.25) is 0 Å². The molecule has 0 amide bonds. The minimum atomic E-state index is -0.357. The normalized spacial score (nSPS) is 11.1. The second-order valence-electron chi connectivity index (χ2n) is 3.98. The highest BCUT2D eigenvalue weighted by molar-refractivity contribution is 6.34. The molecule has 0 aliphatic rings. The third kappa shape index (κ3) is 1.91. The van der Waals surface area contributed by atoms with Crippen molar-refractivity contribution >= 4 is 34.4 Å². The number of aryl methyl sites for hydroxylation is 1. The number of hydrogen-bond donors (Lipinski definition) is 1. The largest absolute Gasteiger partial charge is 0.332 e. The summed E-state index contributed by atoms with van der Waals surface area (Å²) < 4.78 is 1.37. The number of H-pyrrole nitrogens is 1. The lowest BCUT2D eigenvalue weighted by atomic mass is 10.3. The van der Waals surface area contributed by atoms with Crippen LogP contribution in [0, 0.1) is 6.92 Å². The fraction of sp³-hybridized carbons (Fsp3) is 0.0833. The van der Waals surface area contributed by atoms with E-state index in [9.17, 15) is 4.79 Å². The Balaban J connectivity index is 2.46. The molecule has 0 spiro atoms. The van der Waals surface area contributed by atoms with E-state index in [4.69, 9.17) is 23.2 Å². The Morgan fingerprint density at radius 1 is 1.21 bits per heavy atom. The SMILES string of the molecule is Cc1nc(Cl)c2c(n1)[nH]c(=O)n2-c1ccccc1Cl. The number of rotatable bonds is 1. The van der Waals surface area contributed by atoms with Gasteiger partial charge in [0.05, 0.1) is 10.7 Å². The Bertz CT molecular complexity index is 837. The van der Waals surface area contributed by atoms with Gasteiger partial charge in [0, 0.05) is 0 Å². The predicted molar refractivity (Wildman–Crippen MR) is 74.2 cm³/mol. The predicted octanol–water partition coefficient (Wildman–Crippen LogP) is 2.72. The molecule has 0 bridgehead atoms. The van der Waals surface area contributed by atoms with Crippen molar-refractivity contribution in [1.82, 2.24) is 19.5 Å². The van der Waals surface area contributed by atoms with E-state index in [1.54, 1.807) is 31.2 Å². The van der Waals surface area contributed by atoms with Crippen LogP contribution in [0.3, 0.4) is 0 Å². The molecule has 7 heteroatoms. The Hall–Kier alpha value is -1.85. The van der Waals surface area contributed by atoms with Crippen molar-refractivity contribution < 1.29 is 0 Å². The molecule has 0 fully saturated rings. The Morgan fingerprint density at radius 2 is 1.95 bits per heavy atom. The third-order valence-corrected chi connectivity index (χ3v) is 3.28. The quantitative estimate of drug-likeness (QED) is 0.702. The Labute approximate surface area is 117 Å². The van der Waals surface area contributed by atoms with Gasteiger partial charge in [0.15, 0.2) is 10.8 Å². The van der Waals surface area contributed by atoms with Crippen LogP contribution in [-0.4, -0.2) is 19.5 Å². The first-order valence-electron chi connectivity index (χ1n) is 5.47. The van der Waals surface area contributed by atoms with Gasteiger partial charge in [-0.2, -0.15) is 0 Å². The molecule has 0 radical (unpaired) electrons. The smallest absolute Gasteiger partial charge is 0.290 e. The first-order valence-corrected chi connectivity index (χ1v) is 6.23. The van der Waals surface area contributed by atoms with Crippen molar-refractivity contribution in [2.45, 2.75) is 6.92 Å². The molecule has 0 saturated carbocycles. The summed E-state index contributed by atoms with van der Waals surface area (Å²) in [6.07, 6.45) is 0. The number of nitrogens with one attached hydrogen (secondary N) is 1. The van der Waals surface area contributed by atoms with Crippen LogP contribution in [-0.2, 0) is 0 Å². The van der Waals surface area contributed by atoms with Gasteiger partial charge < -0.3 is 0 Å². The fourth-order valence-corrected chi connectivity index (χ4v) is 2.46. The molecule has 19 heavy (non-hydrogen) atoms. The average Bonchev–Trinajstić information content (AvgIpc) is 2.66. The van der Waals surface area contributed by atoms with Crippen molar-refractivity contribution in [3.05, 3.63) is 50.7 Å². The number of fused-ring (bicyclic) bond motifs is 1.